The van der Waals surface area contributed by atoms with E-state index in [1.54, 1.807) is 0 Å². The molecule has 0 saturated carbocycles. The second kappa shape index (κ2) is 5.57. The first-order valence-electron chi connectivity index (χ1n) is 6.00. The molecule has 9 nitrogen and oxygen atoms in total. The Labute approximate surface area is 118 Å². The van der Waals surface area contributed by atoms with Crippen LogP contribution in [0.3, 0.4) is 0 Å². The highest BCUT2D eigenvalue weighted by Gasteiger charge is 2.28. The number of hydrogen-bond donors (Lipinski definition) is 3. The molecule has 1 heterocycles. The maximum atomic E-state index is 11.9. The molecule has 0 unspecified atom stereocenters. The summed E-state index contributed by atoms with van der Waals surface area (Å²) >= 11 is 0. The number of nitro benzene ring substituents is 1. The summed E-state index contributed by atoms with van der Waals surface area (Å²) in [7, 11) is 0. The normalized spacial score (nSPS) is 17.1. The minimum atomic E-state index is -1.32. The van der Waals surface area contributed by atoms with Gasteiger partial charge in [0.1, 0.15) is 6.04 Å². The highest BCUT2D eigenvalue weighted by molar-refractivity contribution is 6.04. The number of non-ortho nitro benzene ring substituents is 1. The van der Waals surface area contributed by atoms with Crippen LogP contribution in [0.5, 0.6) is 0 Å². The summed E-state index contributed by atoms with van der Waals surface area (Å²) in [4.78, 5) is 44.1. The fourth-order valence-corrected chi connectivity index (χ4v) is 1.97. The number of amides is 2. The molecule has 2 amide bonds. The van der Waals surface area contributed by atoms with Crippen LogP contribution in [0, 0.1) is 10.1 Å². The van der Waals surface area contributed by atoms with Crippen LogP contribution in [-0.2, 0) is 9.59 Å². The summed E-state index contributed by atoms with van der Waals surface area (Å²) in [5.41, 5.74) is -0.785. The average molecular weight is 293 g/mol. The SMILES string of the molecule is O=C1CC[C@H](C(=O)Nc2cc([N+](=O)[O-])ccc2C(=O)O)N1. The number of carboxylic acids is 1. The van der Waals surface area contributed by atoms with E-state index in [1.807, 2.05) is 0 Å². The largest absolute Gasteiger partial charge is 0.478 e. The first-order chi connectivity index (χ1) is 9.88. The summed E-state index contributed by atoms with van der Waals surface area (Å²) in [5, 5.41) is 24.5. The molecule has 0 bridgehead atoms. The average Bonchev–Trinajstić information content (AvgIpc) is 2.85. The lowest BCUT2D eigenvalue weighted by atomic mass is 10.1. The minimum absolute atomic E-state index is 0.178. The molecule has 21 heavy (non-hydrogen) atoms. The molecular weight excluding hydrogens is 282 g/mol. The van der Waals surface area contributed by atoms with Crippen molar-refractivity contribution in [1.82, 2.24) is 5.32 Å². The van der Waals surface area contributed by atoms with Crippen LogP contribution in [-0.4, -0.2) is 33.9 Å². The Morgan fingerprint density at radius 2 is 2.14 bits per heavy atom. The number of anilines is 1. The van der Waals surface area contributed by atoms with Crippen LogP contribution < -0.4 is 10.6 Å². The molecule has 0 spiro atoms. The zero-order valence-electron chi connectivity index (χ0n) is 10.7. The maximum Gasteiger partial charge on any atom is 0.337 e. The van der Waals surface area contributed by atoms with E-state index >= 15 is 0 Å². The van der Waals surface area contributed by atoms with Gasteiger partial charge in [0.15, 0.2) is 0 Å². The molecule has 1 aromatic carbocycles. The topological polar surface area (TPSA) is 139 Å². The van der Waals surface area contributed by atoms with Gasteiger partial charge in [0, 0.05) is 18.6 Å². The first-order valence-corrected chi connectivity index (χ1v) is 6.00. The summed E-state index contributed by atoms with van der Waals surface area (Å²) < 4.78 is 0. The third-order valence-electron chi connectivity index (χ3n) is 3.01. The van der Waals surface area contributed by atoms with Gasteiger partial charge in [-0.2, -0.15) is 0 Å². The van der Waals surface area contributed by atoms with Crippen LogP contribution in [0.15, 0.2) is 18.2 Å². The molecule has 110 valence electrons. The second-order valence-corrected chi connectivity index (χ2v) is 4.44. The van der Waals surface area contributed by atoms with E-state index in [4.69, 9.17) is 5.11 Å². The lowest BCUT2D eigenvalue weighted by Crippen LogP contribution is -2.37. The number of benzene rings is 1. The van der Waals surface area contributed by atoms with Gasteiger partial charge in [-0.3, -0.25) is 19.7 Å². The molecule has 0 aromatic heterocycles. The fraction of sp³-hybridized carbons (Fsp3) is 0.250. The van der Waals surface area contributed by atoms with Crippen molar-refractivity contribution in [1.29, 1.82) is 0 Å². The lowest BCUT2D eigenvalue weighted by molar-refractivity contribution is -0.384. The monoisotopic (exact) mass is 293 g/mol. The number of carboxylic acid groups (broad SMARTS) is 1. The van der Waals surface area contributed by atoms with E-state index in [0.717, 1.165) is 18.2 Å². The van der Waals surface area contributed by atoms with E-state index in [1.165, 1.54) is 0 Å². The zero-order chi connectivity index (χ0) is 15.6. The molecule has 1 aromatic rings. The number of carbonyl (C=O) groups is 3. The van der Waals surface area contributed by atoms with Crippen molar-refractivity contribution in [3.63, 3.8) is 0 Å². The van der Waals surface area contributed by atoms with Crippen molar-refractivity contribution in [2.75, 3.05) is 5.32 Å². The Kier molecular flexibility index (Phi) is 3.83. The number of carbonyl (C=O) groups excluding carboxylic acids is 2. The number of nitrogens with zero attached hydrogens (tertiary/aromatic N) is 1. The van der Waals surface area contributed by atoms with Gasteiger partial charge in [-0.15, -0.1) is 0 Å². The predicted molar refractivity (Wildman–Crippen MR) is 69.9 cm³/mol. The van der Waals surface area contributed by atoms with Gasteiger partial charge in [0.05, 0.1) is 16.2 Å². The molecular formula is C12H11N3O6. The van der Waals surface area contributed by atoms with Crippen LogP contribution in [0.25, 0.3) is 0 Å². The summed E-state index contributed by atoms with van der Waals surface area (Å²) in [5.74, 6) is -2.20. The molecule has 1 fully saturated rings. The molecule has 1 saturated heterocycles. The van der Waals surface area contributed by atoms with Crippen molar-refractivity contribution in [3.05, 3.63) is 33.9 Å². The van der Waals surface area contributed by atoms with Gasteiger partial charge in [-0.1, -0.05) is 0 Å². The number of hydrogen-bond acceptors (Lipinski definition) is 5. The molecule has 2 rings (SSSR count). The smallest absolute Gasteiger partial charge is 0.337 e. The van der Waals surface area contributed by atoms with Gasteiger partial charge >= 0.3 is 5.97 Å². The Morgan fingerprint density at radius 3 is 2.67 bits per heavy atom. The quantitative estimate of drug-likeness (QED) is 0.546. The third-order valence-corrected chi connectivity index (χ3v) is 3.01. The lowest BCUT2D eigenvalue weighted by Gasteiger charge is -2.12. The number of rotatable bonds is 4. The number of nitrogens with one attached hydrogen (secondary N) is 2. The van der Waals surface area contributed by atoms with E-state index in [2.05, 4.69) is 10.6 Å². The highest BCUT2D eigenvalue weighted by Crippen LogP contribution is 2.23. The number of aromatic carboxylic acids is 1. The predicted octanol–water partition coefficient (Wildman–Crippen LogP) is 0.510. The molecule has 1 aliphatic rings. The van der Waals surface area contributed by atoms with Gasteiger partial charge in [0.25, 0.3) is 5.69 Å². The minimum Gasteiger partial charge on any atom is -0.478 e. The Balaban J connectivity index is 2.26. The Hall–Kier alpha value is -2.97. The van der Waals surface area contributed by atoms with Gasteiger partial charge in [-0.05, 0) is 12.5 Å². The third kappa shape index (κ3) is 3.14. The fourth-order valence-electron chi connectivity index (χ4n) is 1.97. The molecule has 0 aliphatic carbocycles. The van der Waals surface area contributed by atoms with E-state index < -0.39 is 22.8 Å². The van der Waals surface area contributed by atoms with Crippen molar-refractivity contribution >= 4 is 29.2 Å². The maximum absolute atomic E-state index is 11.9. The summed E-state index contributed by atoms with van der Waals surface area (Å²) in [6.07, 6.45) is 0.501. The molecule has 9 heteroatoms. The second-order valence-electron chi connectivity index (χ2n) is 4.44. The van der Waals surface area contributed by atoms with Crippen molar-refractivity contribution in [2.45, 2.75) is 18.9 Å². The van der Waals surface area contributed by atoms with Crippen LogP contribution in [0.4, 0.5) is 11.4 Å². The summed E-state index contributed by atoms with van der Waals surface area (Å²) in [6.45, 7) is 0. The Bertz CT molecular complexity index is 642. The first kappa shape index (κ1) is 14.4. The highest BCUT2D eigenvalue weighted by atomic mass is 16.6. The van der Waals surface area contributed by atoms with E-state index in [0.29, 0.717) is 6.42 Å². The van der Waals surface area contributed by atoms with Gasteiger partial charge in [0.2, 0.25) is 11.8 Å². The van der Waals surface area contributed by atoms with E-state index in [-0.39, 0.29) is 29.3 Å². The van der Waals surface area contributed by atoms with Crippen LogP contribution >= 0.6 is 0 Å². The number of nitro groups is 1. The van der Waals surface area contributed by atoms with Gasteiger partial charge in [-0.25, -0.2) is 4.79 Å². The van der Waals surface area contributed by atoms with Crippen molar-refractivity contribution in [3.8, 4) is 0 Å². The summed E-state index contributed by atoms with van der Waals surface area (Å²) in [6, 6.07) is 2.29. The van der Waals surface area contributed by atoms with Crippen LogP contribution in [0.2, 0.25) is 0 Å². The molecule has 0 radical (unpaired) electrons. The zero-order valence-corrected chi connectivity index (χ0v) is 10.7. The van der Waals surface area contributed by atoms with Gasteiger partial charge < -0.3 is 15.7 Å². The van der Waals surface area contributed by atoms with Crippen LogP contribution in [0.1, 0.15) is 23.2 Å². The molecule has 1 atom stereocenters. The Morgan fingerprint density at radius 1 is 1.43 bits per heavy atom. The standard InChI is InChI=1S/C12H11N3O6/c16-10-4-3-8(13-10)11(17)14-9-5-6(15(20)21)1-2-7(9)12(18)19/h1-2,5,8H,3-4H2,(H,13,16)(H,14,17)(H,18,19)/t8-/m1/s1. The van der Waals surface area contributed by atoms with Crippen molar-refractivity contribution < 1.29 is 24.4 Å². The molecule has 3 N–H and O–H groups in total. The van der Waals surface area contributed by atoms with E-state index in [9.17, 15) is 24.5 Å². The van der Waals surface area contributed by atoms with Crippen molar-refractivity contribution in [2.24, 2.45) is 0 Å². The molecule has 1 aliphatic heterocycles.